The van der Waals surface area contributed by atoms with Crippen molar-refractivity contribution in [1.82, 2.24) is 5.16 Å². The zero-order valence-electron chi connectivity index (χ0n) is 13.6. The highest BCUT2D eigenvalue weighted by Gasteiger charge is 2.08. The summed E-state index contributed by atoms with van der Waals surface area (Å²) in [5.41, 5.74) is 7.59. The van der Waals surface area contributed by atoms with Gasteiger partial charge in [0, 0.05) is 12.5 Å². The maximum absolute atomic E-state index is 11.9. The summed E-state index contributed by atoms with van der Waals surface area (Å²) in [6.07, 6.45) is 3.03. The van der Waals surface area contributed by atoms with Gasteiger partial charge < -0.3 is 20.3 Å². The van der Waals surface area contributed by atoms with Crippen molar-refractivity contribution < 1.29 is 14.1 Å². The van der Waals surface area contributed by atoms with E-state index in [2.05, 4.69) is 17.4 Å². The summed E-state index contributed by atoms with van der Waals surface area (Å²) in [5.74, 6) is 1.68. The van der Waals surface area contributed by atoms with Crippen LogP contribution in [0.2, 0.25) is 0 Å². The van der Waals surface area contributed by atoms with Gasteiger partial charge in [-0.05, 0) is 37.5 Å². The van der Waals surface area contributed by atoms with Crippen LogP contribution in [-0.2, 0) is 11.2 Å². The summed E-state index contributed by atoms with van der Waals surface area (Å²) in [6, 6.07) is 7.33. The Morgan fingerprint density at radius 2 is 2.22 bits per heavy atom. The number of carbonyl (C=O) groups is 1. The van der Waals surface area contributed by atoms with E-state index in [1.165, 1.54) is 0 Å². The Morgan fingerprint density at radius 3 is 2.87 bits per heavy atom. The van der Waals surface area contributed by atoms with E-state index in [9.17, 15) is 4.79 Å². The number of nitrogens with one attached hydrogen (secondary N) is 1. The van der Waals surface area contributed by atoms with Crippen LogP contribution in [0.25, 0.3) is 0 Å². The van der Waals surface area contributed by atoms with E-state index in [1.54, 1.807) is 13.0 Å². The summed E-state index contributed by atoms with van der Waals surface area (Å²) in [7, 11) is 0. The number of benzene rings is 1. The summed E-state index contributed by atoms with van der Waals surface area (Å²) in [4.78, 5) is 11.9. The average molecular weight is 317 g/mol. The fourth-order valence-corrected chi connectivity index (χ4v) is 2.10. The highest BCUT2D eigenvalue weighted by molar-refractivity contribution is 5.89. The van der Waals surface area contributed by atoms with E-state index in [0.717, 1.165) is 18.4 Å². The molecule has 0 aliphatic rings. The Hall–Kier alpha value is -2.50. The predicted molar refractivity (Wildman–Crippen MR) is 89.4 cm³/mol. The number of aromatic nitrogens is 1. The Labute approximate surface area is 136 Å². The number of carbonyl (C=O) groups excluding carboxylic acids is 1. The van der Waals surface area contributed by atoms with Gasteiger partial charge in [0.05, 0.1) is 12.3 Å². The van der Waals surface area contributed by atoms with Gasteiger partial charge in [-0.15, -0.1) is 0 Å². The Morgan fingerprint density at radius 1 is 1.39 bits per heavy atom. The molecule has 0 unspecified atom stereocenters. The van der Waals surface area contributed by atoms with Crippen molar-refractivity contribution in [3.05, 3.63) is 35.6 Å². The Balaban J connectivity index is 1.83. The number of hydrogen-bond donors (Lipinski definition) is 2. The van der Waals surface area contributed by atoms with Gasteiger partial charge in [-0.1, -0.05) is 24.6 Å². The number of nitrogen functional groups attached to an aromatic ring is 1. The minimum Gasteiger partial charge on any atom is -0.491 e. The molecule has 6 heteroatoms. The second-order valence-corrected chi connectivity index (χ2v) is 5.45. The molecule has 2 aromatic rings. The van der Waals surface area contributed by atoms with Crippen LogP contribution in [0.15, 0.2) is 28.8 Å². The minimum atomic E-state index is -0.111. The lowest BCUT2D eigenvalue weighted by Crippen LogP contribution is -2.12. The van der Waals surface area contributed by atoms with Crippen LogP contribution in [0.5, 0.6) is 5.75 Å². The third-order valence-corrected chi connectivity index (χ3v) is 3.37. The molecule has 1 aromatic heterocycles. The smallest absolute Gasteiger partial charge is 0.225 e. The number of amides is 1. The van der Waals surface area contributed by atoms with Crippen LogP contribution in [0, 0.1) is 6.92 Å². The van der Waals surface area contributed by atoms with E-state index in [4.69, 9.17) is 15.0 Å². The number of unbranched alkanes of at least 4 members (excludes halogenated alkanes) is 1. The molecule has 0 aliphatic carbocycles. The number of ether oxygens (including phenoxy) is 1. The lowest BCUT2D eigenvalue weighted by Gasteiger charge is -2.10. The molecule has 3 N–H and O–H groups in total. The zero-order valence-corrected chi connectivity index (χ0v) is 13.6. The van der Waals surface area contributed by atoms with Crippen molar-refractivity contribution in [3.8, 4) is 5.75 Å². The average Bonchev–Trinajstić information content (AvgIpc) is 2.92. The van der Waals surface area contributed by atoms with Gasteiger partial charge in [-0.25, -0.2) is 0 Å². The number of nitrogens with two attached hydrogens (primary N) is 1. The monoisotopic (exact) mass is 317 g/mol. The predicted octanol–water partition coefficient (Wildman–Crippen LogP) is 3.32. The standard InChI is InChI=1S/C17H23N3O3/c1-3-4-9-22-15-7-5-13(11-14(15)18)6-8-17(21)19-16-10-12(2)23-20-16/h5,7,10-11H,3-4,6,8-9,18H2,1-2H3,(H,19,20,21). The van der Waals surface area contributed by atoms with E-state index in [0.29, 0.717) is 42.5 Å². The fourth-order valence-electron chi connectivity index (χ4n) is 2.10. The molecular weight excluding hydrogens is 294 g/mol. The zero-order chi connectivity index (χ0) is 16.7. The van der Waals surface area contributed by atoms with Crippen LogP contribution in [-0.4, -0.2) is 17.7 Å². The second kappa shape index (κ2) is 8.22. The van der Waals surface area contributed by atoms with E-state index in [-0.39, 0.29) is 5.91 Å². The van der Waals surface area contributed by atoms with Crippen molar-refractivity contribution in [2.24, 2.45) is 0 Å². The van der Waals surface area contributed by atoms with Crippen LogP contribution >= 0.6 is 0 Å². The molecule has 0 saturated heterocycles. The number of hydrogen-bond acceptors (Lipinski definition) is 5. The number of anilines is 2. The van der Waals surface area contributed by atoms with Gasteiger partial charge >= 0.3 is 0 Å². The highest BCUT2D eigenvalue weighted by Crippen LogP contribution is 2.23. The maximum atomic E-state index is 11.9. The molecule has 1 amide bonds. The third-order valence-electron chi connectivity index (χ3n) is 3.37. The molecule has 0 saturated carbocycles. The molecule has 0 radical (unpaired) electrons. The summed E-state index contributed by atoms with van der Waals surface area (Å²) in [5, 5.41) is 6.42. The molecule has 0 fully saturated rings. The molecule has 6 nitrogen and oxygen atoms in total. The lowest BCUT2D eigenvalue weighted by molar-refractivity contribution is -0.116. The van der Waals surface area contributed by atoms with E-state index in [1.807, 2.05) is 18.2 Å². The Bertz CT molecular complexity index is 652. The van der Waals surface area contributed by atoms with Gasteiger partial charge in [0.2, 0.25) is 5.91 Å². The molecule has 124 valence electrons. The first-order valence-electron chi connectivity index (χ1n) is 7.83. The lowest BCUT2D eigenvalue weighted by atomic mass is 10.1. The van der Waals surface area contributed by atoms with Gasteiger partial charge in [0.25, 0.3) is 0 Å². The number of aryl methyl sites for hydroxylation is 2. The normalized spacial score (nSPS) is 10.5. The van der Waals surface area contributed by atoms with Crippen LogP contribution < -0.4 is 15.8 Å². The first-order valence-corrected chi connectivity index (χ1v) is 7.83. The van der Waals surface area contributed by atoms with Crippen LogP contribution in [0.3, 0.4) is 0 Å². The molecule has 0 spiro atoms. The van der Waals surface area contributed by atoms with Crippen molar-refractivity contribution >= 4 is 17.4 Å². The van der Waals surface area contributed by atoms with Crippen molar-refractivity contribution in [1.29, 1.82) is 0 Å². The summed E-state index contributed by atoms with van der Waals surface area (Å²) < 4.78 is 10.5. The summed E-state index contributed by atoms with van der Waals surface area (Å²) in [6.45, 7) is 4.55. The third kappa shape index (κ3) is 5.32. The summed E-state index contributed by atoms with van der Waals surface area (Å²) >= 11 is 0. The molecule has 1 aromatic carbocycles. The topological polar surface area (TPSA) is 90.4 Å². The van der Waals surface area contributed by atoms with Crippen molar-refractivity contribution in [2.45, 2.75) is 39.5 Å². The van der Waals surface area contributed by atoms with Gasteiger partial charge in [-0.2, -0.15) is 0 Å². The fraction of sp³-hybridized carbons (Fsp3) is 0.412. The molecular formula is C17H23N3O3. The maximum Gasteiger partial charge on any atom is 0.225 e. The first kappa shape index (κ1) is 16.9. The second-order valence-electron chi connectivity index (χ2n) is 5.45. The quantitative estimate of drug-likeness (QED) is 0.576. The van der Waals surface area contributed by atoms with Gasteiger partial charge in [0.1, 0.15) is 11.5 Å². The first-order chi connectivity index (χ1) is 11.1. The largest absolute Gasteiger partial charge is 0.491 e. The molecule has 2 rings (SSSR count). The molecule has 0 atom stereocenters. The van der Waals surface area contributed by atoms with E-state index < -0.39 is 0 Å². The van der Waals surface area contributed by atoms with Crippen molar-refractivity contribution in [3.63, 3.8) is 0 Å². The SMILES string of the molecule is CCCCOc1ccc(CCC(=O)Nc2cc(C)on2)cc1N. The molecule has 1 heterocycles. The van der Waals surface area contributed by atoms with Crippen LogP contribution in [0.1, 0.15) is 37.5 Å². The minimum absolute atomic E-state index is 0.111. The number of rotatable bonds is 8. The number of nitrogens with zero attached hydrogens (tertiary/aromatic N) is 1. The Kier molecular flexibility index (Phi) is 6.02. The van der Waals surface area contributed by atoms with E-state index >= 15 is 0 Å². The van der Waals surface area contributed by atoms with Gasteiger partial charge in [-0.3, -0.25) is 4.79 Å². The molecule has 0 aliphatic heterocycles. The van der Waals surface area contributed by atoms with Crippen molar-refractivity contribution in [2.75, 3.05) is 17.7 Å². The molecule has 0 bridgehead atoms. The van der Waals surface area contributed by atoms with Crippen LogP contribution in [0.4, 0.5) is 11.5 Å². The van der Waals surface area contributed by atoms with Gasteiger partial charge in [0.15, 0.2) is 5.82 Å². The highest BCUT2D eigenvalue weighted by atomic mass is 16.5. The molecule has 23 heavy (non-hydrogen) atoms.